The number of ether oxygens (including phenoxy) is 1. The second kappa shape index (κ2) is 13.9. The number of esters is 1. The molecule has 5 fully saturated rings. The zero-order chi connectivity index (χ0) is 38.9. The number of carbonyl (C=O) groups is 4. The van der Waals surface area contributed by atoms with Gasteiger partial charge in [-0.25, -0.2) is 18.0 Å². The summed E-state index contributed by atoms with van der Waals surface area (Å²) in [5.74, 6) is -4.17. The number of rotatable bonds is 14. The van der Waals surface area contributed by atoms with Crippen LogP contribution in [0.3, 0.4) is 0 Å². The van der Waals surface area contributed by atoms with Gasteiger partial charge in [-0.1, -0.05) is 50.3 Å². The number of carbonyl (C=O) groups excluding carboxylic acids is 4. The molecule has 2 bridgehead atoms. The number of quaternary nitrogens is 2. The standard InChI is InChI=1S/C40H48N5O9S/c1-4-22-52-40(49)37-35-28(36-33(38(47)42(36)37)25(3)39(48)54-53-23-5-2)9-7-11-30(35)43-29-10-6-8-27-26(12-13-31(34(27)29)55(43,50)51)14-15-44-16-19-45(20-17-44,21-18-44)24-32(41)46/h4-6,8,10,12-13,25,28,30,33,36H,1-2,7,9,11,14-24H2,3H3,(H-,41,46)/q+1/p+1/t25?,28-,30?,33+,36?,44?,45?/m0/s1. The van der Waals surface area contributed by atoms with Crippen molar-refractivity contribution < 1.29 is 51.1 Å². The minimum Gasteiger partial charge on any atom is -0.457 e. The largest absolute Gasteiger partial charge is 0.457 e. The molecule has 4 saturated heterocycles. The van der Waals surface area contributed by atoms with Crippen molar-refractivity contribution in [3.05, 3.63) is 72.5 Å². The number of nitrogens with two attached hydrogens (primary N) is 1. The first kappa shape index (κ1) is 37.4. The lowest BCUT2D eigenvalue weighted by Gasteiger charge is -2.55. The van der Waals surface area contributed by atoms with Crippen LogP contribution in [0.2, 0.25) is 0 Å². The van der Waals surface area contributed by atoms with Gasteiger partial charge in [-0.2, -0.15) is 4.89 Å². The molecule has 1 aliphatic carbocycles. The van der Waals surface area contributed by atoms with Crippen molar-refractivity contribution in [2.45, 2.75) is 49.6 Å². The highest BCUT2D eigenvalue weighted by Crippen LogP contribution is 2.56. The topological polar surface area (TPSA) is 163 Å². The monoisotopic (exact) mass is 775 g/mol. The summed E-state index contributed by atoms with van der Waals surface area (Å²) in [6.07, 6.45) is 5.31. The summed E-state index contributed by atoms with van der Waals surface area (Å²) in [4.78, 5) is 64.0. The molecular formula is C40H49N5O9S+2. The van der Waals surface area contributed by atoms with Crippen LogP contribution in [-0.2, 0) is 50.1 Å². The summed E-state index contributed by atoms with van der Waals surface area (Å²) in [5.41, 5.74) is 7.82. The van der Waals surface area contributed by atoms with E-state index in [1.54, 1.807) is 13.0 Å². The average Bonchev–Trinajstić information content (AvgIpc) is 3.60. The van der Waals surface area contributed by atoms with Crippen LogP contribution in [0.15, 0.2) is 71.8 Å². The van der Waals surface area contributed by atoms with E-state index < -0.39 is 51.8 Å². The Morgan fingerprint density at radius 3 is 2.40 bits per heavy atom. The van der Waals surface area contributed by atoms with Crippen molar-refractivity contribution in [2.75, 3.05) is 69.9 Å². The van der Waals surface area contributed by atoms with Gasteiger partial charge in [-0.15, -0.1) is 6.58 Å². The first-order chi connectivity index (χ1) is 26.4. The third kappa shape index (κ3) is 5.89. The van der Waals surface area contributed by atoms with E-state index in [9.17, 15) is 27.6 Å². The summed E-state index contributed by atoms with van der Waals surface area (Å²) in [6.45, 7) is 15.7. The van der Waals surface area contributed by atoms with Crippen LogP contribution < -0.4 is 10.0 Å². The second-order valence-corrected chi connectivity index (χ2v) is 17.9. The minimum atomic E-state index is -4.08. The van der Waals surface area contributed by atoms with E-state index in [0.29, 0.717) is 42.5 Å². The van der Waals surface area contributed by atoms with Crippen molar-refractivity contribution in [2.24, 2.45) is 23.5 Å². The maximum Gasteiger partial charge on any atom is 0.355 e. The lowest BCUT2D eigenvalue weighted by molar-refractivity contribution is -1.08. The van der Waals surface area contributed by atoms with Crippen LogP contribution in [0.25, 0.3) is 10.8 Å². The van der Waals surface area contributed by atoms with Crippen LogP contribution in [-0.4, -0.2) is 124 Å². The predicted octanol–water partition coefficient (Wildman–Crippen LogP) is 2.33. The Balaban J connectivity index is 1.12. The maximum absolute atomic E-state index is 14.7. The summed E-state index contributed by atoms with van der Waals surface area (Å²) >= 11 is 0. The van der Waals surface area contributed by atoms with E-state index in [4.69, 9.17) is 20.2 Å². The summed E-state index contributed by atoms with van der Waals surface area (Å²) < 4.78 is 38.2. The summed E-state index contributed by atoms with van der Waals surface area (Å²) in [7, 11) is -4.08. The quantitative estimate of drug-likeness (QED) is 0.0578. The van der Waals surface area contributed by atoms with Crippen molar-refractivity contribution >= 4 is 50.2 Å². The molecule has 5 atom stereocenters. The van der Waals surface area contributed by atoms with Crippen LogP contribution in [0.1, 0.15) is 31.7 Å². The smallest absolute Gasteiger partial charge is 0.355 e. The normalized spacial score (nSPS) is 30.4. The van der Waals surface area contributed by atoms with Gasteiger partial charge in [0.1, 0.15) is 58.2 Å². The van der Waals surface area contributed by atoms with E-state index >= 15 is 0 Å². The van der Waals surface area contributed by atoms with E-state index in [1.807, 2.05) is 24.3 Å². The lowest BCUT2D eigenvalue weighted by Crippen LogP contribution is -2.76. The van der Waals surface area contributed by atoms with Gasteiger partial charge in [0.05, 0.1) is 41.0 Å². The number of hydrogen-bond donors (Lipinski definition) is 1. The molecule has 7 aliphatic rings. The molecule has 1 saturated carbocycles. The van der Waals surface area contributed by atoms with E-state index in [-0.39, 0.29) is 35.6 Å². The van der Waals surface area contributed by atoms with Crippen LogP contribution in [0.5, 0.6) is 0 Å². The van der Waals surface area contributed by atoms with Gasteiger partial charge in [-0.05, 0) is 41.5 Å². The maximum atomic E-state index is 14.7. The summed E-state index contributed by atoms with van der Waals surface area (Å²) in [6, 6.07) is 8.05. The third-order valence-corrected chi connectivity index (χ3v) is 15.1. The molecule has 0 spiro atoms. The first-order valence-corrected chi connectivity index (χ1v) is 20.7. The molecule has 9 rings (SSSR count). The van der Waals surface area contributed by atoms with Gasteiger partial charge in [0, 0.05) is 17.7 Å². The minimum absolute atomic E-state index is 0.0114. The molecule has 6 aliphatic heterocycles. The highest BCUT2D eigenvalue weighted by molar-refractivity contribution is 7.93. The third-order valence-electron chi connectivity index (χ3n) is 13.3. The van der Waals surface area contributed by atoms with E-state index in [0.717, 1.165) is 72.1 Å². The fraction of sp³-hybridized carbons (Fsp3) is 0.500. The van der Waals surface area contributed by atoms with Crippen LogP contribution >= 0.6 is 0 Å². The molecule has 2 aromatic rings. The predicted molar refractivity (Wildman–Crippen MR) is 201 cm³/mol. The lowest BCUT2D eigenvalue weighted by atomic mass is 9.69. The molecule has 3 unspecified atom stereocenters. The SMILES string of the molecule is C=CCOOC(=O)C(C)[C@H]1C(=O)N2C(C(=O)OCC=C)=C3C(N4c5cccc6c(CC[N+]78CC[N+](CC(N)=O)(CC7)CC8)ccc(c56)S4(=O)=O)CCC[C@@H]3C12. The molecule has 2 N–H and O–H groups in total. The number of nitrogens with zero attached hydrogens (tertiary/aromatic N) is 4. The number of hydrogen-bond acceptors (Lipinski definition) is 9. The first-order valence-electron chi connectivity index (χ1n) is 19.2. The zero-order valence-electron chi connectivity index (χ0n) is 31.2. The number of benzene rings is 2. The van der Waals surface area contributed by atoms with E-state index in [1.165, 1.54) is 21.4 Å². The second-order valence-electron chi connectivity index (χ2n) is 16.1. The number of amides is 2. The summed E-state index contributed by atoms with van der Waals surface area (Å²) in [5, 5.41) is 1.55. The number of β-lactam (4-membered cyclic amide) rings is 1. The molecular weight excluding hydrogens is 727 g/mol. The van der Waals surface area contributed by atoms with Gasteiger partial charge in [0.25, 0.3) is 15.9 Å². The highest BCUT2D eigenvalue weighted by atomic mass is 32.2. The molecule has 2 aromatic carbocycles. The van der Waals surface area contributed by atoms with Crippen LogP contribution in [0.4, 0.5) is 5.69 Å². The molecule has 0 aromatic heterocycles. The Morgan fingerprint density at radius 2 is 1.71 bits per heavy atom. The van der Waals surface area contributed by atoms with Gasteiger partial charge < -0.3 is 24.3 Å². The number of sulfonamides is 1. The molecule has 15 heteroatoms. The molecule has 0 radical (unpaired) electrons. The Hall–Kier alpha value is -4.57. The van der Waals surface area contributed by atoms with Crippen LogP contribution in [0, 0.1) is 17.8 Å². The number of piperazine rings is 3. The van der Waals surface area contributed by atoms with Crippen molar-refractivity contribution in [1.29, 1.82) is 0 Å². The number of anilines is 1. The molecule has 14 nitrogen and oxygen atoms in total. The van der Waals surface area contributed by atoms with Gasteiger partial charge >= 0.3 is 11.9 Å². The number of fused-ring (bicyclic) bond motifs is 6. The van der Waals surface area contributed by atoms with Gasteiger partial charge in [0.2, 0.25) is 5.91 Å². The Labute approximate surface area is 320 Å². The van der Waals surface area contributed by atoms with Gasteiger partial charge in [0.15, 0.2) is 6.54 Å². The Morgan fingerprint density at radius 1 is 1.00 bits per heavy atom. The Bertz CT molecular complexity index is 2130. The average molecular weight is 776 g/mol. The van der Waals surface area contributed by atoms with Crippen molar-refractivity contribution in [3.63, 3.8) is 0 Å². The molecule has 55 heavy (non-hydrogen) atoms. The zero-order valence-corrected chi connectivity index (χ0v) is 32.0. The van der Waals surface area contributed by atoms with E-state index in [2.05, 4.69) is 13.2 Å². The van der Waals surface area contributed by atoms with Gasteiger partial charge in [-0.3, -0.25) is 18.8 Å². The molecule has 6 heterocycles. The highest BCUT2D eigenvalue weighted by Gasteiger charge is 2.65. The fourth-order valence-electron chi connectivity index (χ4n) is 10.5. The Kier molecular flexibility index (Phi) is 9.42. The fourth-order valence-corrected chi connectivity index (χ4v) is 12.4. The van der Waals surface area contributed by atoms with Crippen molar-refractivity contribution in [1.82, 2.24) is 4.90 Å². The number of primary amides is 1. The molecule has 292 valence electrons. The van der Waals surface area contributed by atoms with Crippen molar-refractivity contribution in [3.8, 4) is 0 Å². The molecule has 2 amide bonds.